The number of amides is 2. The fourth-order valence-electron chi connectivity index (χ4n) is 2.32. The van der Waals surface area contributed by atoms with Crippen LogP contribution in [0.25, 0.3) is 0 Å². The molecule has 4 nitrogen and oxygen atoms in total. The van der Waals surface area contributed by atoms with Crippen LogP contribution in [0, 0.1) is 0 Å². The Balaban J connectivity index is 2.28. The highest BCUT2D eigenvalue weighted by molar-refractivity contribution is 5.75. The normalized spacial score (nSPS) is 24.6. The highest BCUT2D eigenvalue weighted by atomic mass is 16.2. The standard InChI is InChI=1S/C13H19N3O/c1-13(8-15-12(17)16(2)9-13)11-5-3-4-10(6-11)7-14/h3-6H,7-9,14H2,1-2H3,(H,15,17). The topological polar surface area (TPSA) is 58.4 Å². The zero-order chi connectivity index (χ0) is 12.5. The third kappa shape index (κ3) is 2.26. The lowest BCUT2D eigenvalue weighted by Gasteiger charge is -2.39. The van der Waals surface area contributed by atoms with Crippen molar-refractivity contribution in [3.05, 3.63) is 35.4 Å². The number of hydrogen-bond donors (Lipinski definition) is 2. The molecule has 1 fully saturated rings. The molecule has 1 aliphatic heterocycles. The van der Waals surface area contributed by atoms with Crippen LogP contribution in [-0.2, 0) is 12.0 Å². The van der Waals surface area contributed by atoms with E-state index in [1.807, 2.05) is 19.2 Å². The van der Waals surface area contributed by atoms with Gasteiger partial charge < -0.3 is 16.0 Å². The molecule has 0 aromatic heterocycles. The van der Waals surface area contributed by atoms with Crippen molar-refractivity contribution in [1.29, 1.82) is 0 Å². The summed E-state index contributed by atoms with van der Waals surface area (Å²) in [5, 5.41) is 2.91. The Hall–Kier alpha value is -1.55. The maximum Gasteiger partial charge on any atom is 0.317 e. The van der Waals surface area contributed by atoms with Gasteiger partial charge in [-0.15, -0.1) is 0 Å². The van der Waals surface area contributed by atoms with Crippen LogP contribution in [0.4, 0.5) is 4.79 Å². The lowest BCUT2D eigenvalue weighted by atomic mass is 9.80. The van der Waals surface area contributed by atoms with Crippen LogP contribution in [0.1, 0.15) is 18.1 Å². The second-order valence-corrected chi connectivity index (χ2v) is 4.98. The molecule has 2 rings (SSSR count). The zero-order valence-corrected chi connectivity index (χ0v) is 10.4. The lowest BCUT2D eigenvalue weighted by molar-refractivity contribution is 0.174. The van der Waals surface area contributed by atoms with Crippen LogP contribution < -0.4 is 11.1 Å². The molecule has 92 valence electrons. The van der Waals surface area contributed by atoms with E-state index in [0.29, 0.717) is 13.1 Å². The molecule has 1 aliphatic rings. The molecule has 0 spiro atoms. The quantitative estimate of drug-likeness (QED) is 0.802. The van der Waals surface area contributed by atoms with Gasteiger partial charge >= 0.3 is 6.03 Å². The Morgan fingerprint density at radius 2 is 2.29 bits per heavy atom. The molecule has 0 aliphatic carbocycles. The van der Waals surface area contributed by atoms with E-state index in [0.717, 1.165) is 12.1 Å². The number of carbonyl (C=O) groups excluding carboxylic acids is 1. The molecule has 1 atom stereocenters. The number of likely N-dealkylation sites (N-methyl/N-ethyl adjacent to an activating group) is 1. The highest BCUT2D eigenvalue weighted by Crippen LogP contribution is 2.27. The molecule has 0 bridgehead atoms. The number of benzene rings is 1. The van der Waals surface area contributed by atoms with E-state index in [-0.39, 0.29) is 11.4 Å². The minimum Gasteiger partial charge on any atom is -0.337 e. The summed E-state index contributed by atoms with van der Waals surface area (Å²) in [5.41, 5.74) is 7.97. The molecule has 4 heteroatoms. The lowest BCUT2D eigenvalue weighted by Crippen LogP contribution is -2.56. The van der Waals surface area contributed by atoms with Gasteiger partial charge in [0.15, 0.2) is 0 Å². The summed E-state index contributed by atoms with van der Waals surface area (Å²) >= 11 is 0. The number of rotatable bonds is 2. The SMILES string of the molecule is CN1CC(C)(c2cccc(CN)c2)CNC1=O. The molecular weight excluding hydrogens is 214 g/mol. The van der Waals surface area contributed by atoms with Crippen molar-refractivity contribution >= 4 is 6.03 Å². The molecule has 1 heterocycles. The van der Waals surface area contributed by atoms with Gasteiger partial charge in [0.2, 0.25) is 0 Å². The molecule has 2 amide bonds. The zero-order valence-electron chi connectivity index (χ0n) is 10.4. The third-order valence-electron chi connectivity index (χ3n) is 3.42. The first kappa shape index (κ1) is 11.9. The van der Waals surface area contributed by atoms with E-state index in [1.165, 1.54) is 5.56 Å². The maximum atomic E-state index is 11.4. The molecule has 1 aromatic rings. The fraction of sp³-hybridized carbons (Fsp3) is 0.462. The monoisotopic (exact) mass is 233 g/mol. The van der Waals surface area contributed by atoms with E-state index in [2.05, 4.69) is 24.4 Å². The van der Waals surface area contributed by atoms with E-state index in [4.69, 9.17) is 5.73 Å². The second-order valence-electron chi connectivity index (χ2n) is 4.98. The van der Waals surface area contributed by atoms with Gasteiger partial charge in [0.1, 0.15) is 0 Å². The molecule has 17 heavy (non-hydrogen) atoms. The van der Waals surface area contributed by atoms with Gasteiger partial charge in [0.25, 0.3) is 0 Å². The number of nitrogens with two attached hydrogens (primary N) is 1. The van der Waals surface area contributed by atoms with Crippen molar-refractivity contribution in [3.63, 3.8) is 0 Å². The Morgan fingerprint density at radius 1 is 1.53 bits per heavy atom. The average Bonchev–Trinajstić information content (AvgIpc) is 2.34. The summed E-state index contributed by atoms with van der Waals surface area (Å²) in [6, 6.07) is 8.28. The van der Waals surface area contributed by atoms with E-state index in [1.54, 1.807) is 4.90 Å². The minimum absolute atomic E-state index is 0.00236. The predicted octanol–water partition coefficient (Wildman–Crippen LogP) is 1.06. The van der Waals surface area contributed by atoms with E-state index < -0.39 is 0 Å². The predicted molar refractivity (Wildman–Crippen MR) is 67.7 cm³/mol. The first-order valence-electron chi connectivity index (χ1n) is 5.84. The van der Waals surface area contributed by atoms with E-state index in [9.17, 15) is 4.79 Å². The Morgan fingerprint density at radius 3 is 2.94 bits per heavy atom. The molecule has 0 radical (unpaired) electrons. The maximum absolute atomic E-state index is 11.4. The van der Waals surface area contributed by atoms with Gasteiger partial charge in [-0.05, 0) is 11.1 Å². The Kier molecular flexibility index (Phi) is 3.07. The summed E-state index contributed by atoms with van der Waals surface area (Å²) < 4.78 is 0. The van der Waals surface area contributed by atoms with Gasteiger partial charge in [0, 0.05) is 32.1 Å². The van der Waals surface area contributed by atoms with Gasteiger partial charge in [-0.1, -0.05) is 31.2 Å². The van der Waals surface area contributed by atoms with Crippen molar-refractivity contribution in [2.45, 2.75) is 18.9 Å². The summed E-state index contributed by atoms with van der Waals surface area (Å²) in [6.45, 7) is 4.11. The smallest absolute Gasteiger partial charge is 0.317 e. The van der Waals surface area contributed by atoms with Crippen molar-refractivity contribution in [2.75, 3.05) is 20.1 Å². The minimum atomic E-state index is -0.0478. The van der Waals surface area contributed by atoms with Gasteiger partial charge in [-0.25, -0.2) is 4.79 Å². The van der Waals surface area contributed by atoms with Crippen molar-refractivity contribution in [3.8, 4) is 0 Å². The van der Waals surface area contributed by atoms with Crippen LogP contribution in [-0.4, -0.2) is 31.1 Å². The number of nitrogens with zero attached hydrogens (tertiary/aromatic N) is 1. The molecule has 1 unspecified atom stereocenters. The molecular formula is C13H19N3O. The molecule has 3 N–H and O–H groups in total. The summed E-state index contributed by atoms with van der Waals surface area (Å²) in [5.74, 6) is 0. The molecule has 0 saturated carbocycles. The summed E-state index contributed by atoms with van der Waals surface area (Å²) in [7, 11) is 1.82. The van der Waals surface area contributed by atoms with Crippen LogP contribution in [0.2, 0.25) is 0 Å². The van der Waals surface area contributed by atoms with Crippen LogP contribution >= 0.6 is 0 Å². The number of hydrogen-bond acceptors (Lipinski definition) is 2. The summed E-state index contributed by atoms with van der Waals surface area (Å²) in [4.78, 5) is 13.2. The highest BCUT2D eigenvalue weighted by Gasteiger charge is 2.34. The second kappa shape index (κ2) is 4.37. The van der Waals surface area contributed by atoms with Gasteiger partial charge in [-0.3, -0.25) is 0 Å². The van der Waals surface area contributed by atoms with Crippen LogP contribution in [0.5, 0.6) is 0 Å². The Labute approximate surface area is 102 Å². The van der Waals surface area contributed by atoms with Gasteiger partial charge in [-0.2, -0.15) is 0 Å². The van der Waals surface area contributed by atoms with Gasteiger partial charge in [0.05, 0.1) is 0 Å². The molecule has 1 aromatic carbocycles. The largest absolute Gasteiger partial charge is 0.337 e. The van der Waals surface area contributed by atoms with E-state index >= 15 is 0 Å². The van der Waals surface area contributed by atoms with Crippen molar-refractivity contribution in [2.24, 2.45) is 5.73 Å². The van der Waals surface area contributed by atoms with Crippen molar-refractivity contribution in [1.82, 2.24) is 10.2 Å². The average molecular weight is 233 g/mol. The molecule has 1 saturated heterocycles. The van der Waals surface area contributed by atoms with Crippen molar-refractivity contribution < 1.29 is 4.79 Å². The van der Waals surface area contributed by atoms with Crippen LogP contribution in [0.3, 0.4) is 0 Å². The fourth-order valence-corrected chi connectivity index (χ4v) is 2.32. The number of carbonyl (C=O) groups is 1. The third-order valence-corrected chi connectivity index (χ3v) is 3.42. The van der Waals surface area contributed by atoms with Crippen LogP contribution in [0.15, 0.2) is 24.3 Å². The first-order valence-corrected chi connectivity index (χ1v) is 5.84. The number of nitrogens with one attached hydrogen (secondary N) is 1. The summed E-state index contributed by atoms with van der Waals surface area (Å²) in [6.07, 6.45) is 0. The first-order chi connectivity index (χ1) is 8.05. The number of urea groups is 1. The Bertz CT molecular complexity index is 432.